The summed E-state index contributed by atoms with van der Waals surface area (Å²) in [6, 6.07) is 13.1. The van der Waals surface area contributed by atoms with Crippen LogP contribution in [0.4, 0.5) is 10.1 Å². The van der Waals surface area contributed by atoms with Crippen molar-refractivity contribution < 1.29 is 17.6 Å². The summed E-state index contributed by atoms with van der Waals surface area (Å²) in [6.07, 6.45) is 1.14. The van der Waals surface area contributed by atoms with Gasteiger partial charge in [-0.3, -0.25) is 4.79 Å². The molecule has 1 aliphatic heterocycles. The molecule has 3 rings (SSSR count). The zero-order chi connectivity index (χ0) is 19.4. The molecule has 1 heterocycles. The van der Waals surface area contributed by atoms with Crippen LogP contribution in [0.15, 0.2) is 53.4 Å². The highest BCUT2D eigenvalue weighted by atomic mass is 32.2. The predicted octanol–water partition coefficient (Wildman–Crippen LogP) is 2.74. The third-order valence-corrected chi connectivity index (χ3v) is 6.37. The van der Waals surface area contributed by atoms with Crippen molar-refractivity contribution in [3.63, 3.8) is 0 Å². The zero-order valence-corrected chi connectivity index (χ0v) is 15.2. The minimum absolute atomic E-state index is 0.0112. The summed E-state index contributed by atoms with van der Waals surface area (Å²) in [5, 5.41) is 11.6. The SMILES string of the molecule is N#Cc1ccc(NC(=O)C2CCCN(S(=O)(=O)c3ccc(F)cc3)C2)cc1. The maximum absolute atomic E-state index is 13.1. The van der Waals surface area contributed by atoms with Crippen molar-refractivity contribution >= 4 is 21.6 Å². The Morgan fingerprint density at radius 3 is 2.44 bits per heavy atom. The van der Waals surface area contributed by atoms with E-state index in [2.05, 4.69) is 5.32 Å². The van der Waals surface area contributed by atoms with Crippen LogP contribution in [0.2, 0.25) is 0 Å². The van der Waals surface area contributed by atoms with Crippen LogP contribution in [-0.2, 0) is 14.8 Å². The summed E-state index contributed by atoms with van der Waals surface area (Å²) in [4.78, 5) is 12.5. The number of rotatable bonds is 4. The quantitative estimate of drug-likeness (QED) is 0.873. The van der Waals surface area contributed by atoms with Gasteiger partial charge < -0.3 is 5.32 Å². The lowest BCUT2D eigenvalue weighted by atomic mass is 9.98. The highest BCUT2D eigenvalue weighted by Crippen LogP contribution is 2.25. The molecule has 1 amide bonds. The second-order valence-corrected chi connectivity index (χ2v) is 8.27. The number of nitrogens with zero attached hydrogens (tertiary/aromatic N) is 2. The Bertz CT molecular complexity index is 967. The Balaban J connectivity index is 1.70. The van der Waals surface area contributed by atoms with Crippen molar-refractivity contribution in [1.29, 1.82) is 5.26 Å². The summed E-state index contributed by atoms with van der Waals surface area (Å²) in [5.74, 6) is -1.25. The number of nitrogens with one attached hydrogen (secondary N) is 1. The van der Waals surface area contributed by atoms with Crippen molar-refractivity contribution in [2.24, 2.45) is 5.92 Å². The lowest BCUT2D eigenvalue weighted by molar-refractivity contribution is -0.120. The van der Waals surface area contributed by atoms with Gasteiger partial charge in [-0.15, -0.1) is 0 Å². The van der Waals surface area contributed by atoms with Crippen LogP contribution in [0.1, 0.15) is 18.4 Å². The van der Waals surface area contributed by atoms with E-state index in [9.17, 15) is 17.6 Å². The number of hydrogen-bond donors (Lipinski definition) is 1. The Hall–Kier alpha value is -2.76. The Kier molecular flexibility index (Phi) is 5.54. The van der Waals surface area contributed by atoms with Gasteiger partial charge in [0.1, 0.15) is 5.82 Å². The Morgan fingerprint density at radius 2 is 1.81 bits per heavy atom. The highest BCUT2D eigenvalue weighted by molar-refractivity contribution is 7.89. The molecule has 2 aromatic rings. The third-order valence-electron chi connectivity index (χ3n) is 4.49. The van der Waals surface area contributed by atoms with Gasteiger partial charge >= 0.3 is 0 Å². The normalized spacial score (nSPS) is 17.9. The second-order valence-electron chi connectivity index (χ2n) is 6.33. The first kappa shape index (κ1) is 19.0. The predicted molar refractivity (Wildman–Crippen MR) is 97.7 cm³/mol. The van der Waals surface area contributed by atoms with Crippen LogP contribution in [0.5, 0.6) is 0 Å². The molecule has 1 unspecified atom stereocenters. The molecular weight excluding hydrogens is 369 g/mol. The first-order valence-electron chi connectivity index (χ1n) is 8.47. The average molecular weight is 387 g/mol. The van der Waals surface area contributed by atoms with Gasteiger partial charge in [-0.2, -0.15) is 9.57 Å². The molecule has 0 bridgehead atoms. The topological polar surface area (TPSA) is 90.3 Å². The van der Waals surface area contributed by atoms with Gasteiger partial charge in [0, 0.05) is 18.8 Å². The van der Waals surface area contributed by atoms with Gasteiger partial charge in [-0.1, -0.05) is 0 Å². The summed E-state index contributed by atoms with van der Waals surface area (Å²) in [5.41, 5.74) is 1.04. The summed E-state index contributed by atoms with van der Waals surface area (Å²) in [7, 11) is -3.78. The van der Waals surface area contributed by atoms with E-state index >= 15 is 0 Å². The summed E-state index contributed by atoms with van der Waals surface area (Å²) < 4.78 is 39.8. The molecule has 1 saturated heterocycles. The number of carbonyl (C=O) groups excluding carboxylic acids is 1. The lowest BCUT2D eigenvalue weighted by Gasteiger charge is -2.31. The fourth-order valence-corrected chi connectivity index (χ4v) is 4.53. The maximum atomic E-state index is 13.1. The summed E-state index contributed by atoms with van der Waals surface area (Å²) >= 11 is 0. The number of amides is 1. The van der Waals surface area contributed by atoms with E-state index in [0.29, 0.717) is 30.6 Å². The van der Waals surface area contributed by atoms with E-state index in [-0.39, 0.29) is 17.3 Å². The molecule has 8 heteroatoms. The minimum Gasteiger partial charge on any atom is -0.326 e. The van der Waals surface area contributed by atoms with Gasteiger partial charge in [0.25, 0.3) is 0 Å². The minimum atomic E-state index is -3.78. The van der Waals surface area contributed by atoms with Crippen LogP contribution in [0, 0.1) is 23.1 Å². The van der Waals surface area contributed by atoms with E-state index in [0.717, 1.165) is 12.1 Å². The number of sulfonamides is 1. The average Bonchev–Trinajstić information content (AvgIpc) is 2.69. The smallest absolute Gasteiger partial charge is 0.243 e. The van der Waals surface area contributed by atoms with Gasteiger partial charge in [0.15, 0.2) is 0 Å². The maximum Gasteiger partial charge on any atom is 0.243 e. The molecule has 1 aliphatic rings. The molecule has 0 saturated carbocycles. The van der Waals surface area contributed by atoms with Gasteiger partial charge in [0.2, 0.25) is 15.9 Å². The number of nitriles is 1. The largest absolute Gasteiger partial charge is 0.326 e. The van der Waals surface area contributed by atoms with Crippen LogP contribution in [0.3, 0.4) is 0 Å². The van der Waals surface area contributed by atoms with Crippen LogP contribution >= 0.6 is 0 Å². The molecule has 6 nitrogen and oxygen atoms in total. The molecule has 2 aromatic carbocycles. The molecule has 1 N–H and O–H groups in total. The molecule has 1 fully saturated rings. The van der Waals surface area contributed by atoms with E-state index in [1.165, 1.54) is 16.4 Å². The van der Waals surface area contributed by atoms with Crippen LogP contribution in [-0.4, -0.2) is 31.7 Å². The van der Waals surface area contributed by atoms with Crippen molar-refractivity contribution in [3.8, 4) is 6.07 Å². The molecular formula is C19H18FN3O3S. The molecule has 0 aliphatic carbocycles. The van der Waals surface area contributed by atoms with Gasteiger partial charge in [-0.05, 0) is 61.4 Å². The van der Waals surface area contributed by atoms with E-state index < -0.39 is 21.8 Å². The van der Waals surface area contributed by atoms with Crippen molar-refractivity contribution in [1.82, 2.24) is 4.31 Å². The molecule has 0 radical (unpaired) electrons. The first-order chi connectivity index (χ1) is 12.9. The van der Waals surface area contributed by atoms with E-state index in [1.807, 2.05) is 6.07 Å². The fraction of sp³-hybridized carbons (Fsp3) is 0.263. The van der Waals surface area contributed by atoms with Crippen molar-refractivity contribution in [3.05, 3.63) is 59.9 Å². The van der Waals surface area contributed by atoms with Crippen molar-refractivity contribution in [2.45, 2.75) is 17.7 Å². The number of benzene rings is 2. The molecule has 27 heavy (non-hydrogen) atoms. The highest BCUT2D eigenvalue weighted by Gasteiger charge is 2.33. The van der Waals surface area contributed by atoms with Gasteiger partial charge in [-0.25, -0.2) is 12.8 Å². The molecule has 140 valence electrons. The van der Waals surface area contributed by atoms with E-state index in [1.54, 1.807) is 24.3 Å². The Labute approximate surface area is 157 Å². The number of piperidine rings is 1. The number of anilines is 1. The van der Waals surface area contributed by atoms with E-state index in [4.69, 9.17) is 5.26 Å². The van der Waals surface area contributed by atoms with Crippen LogP contribution in [0.25, 0.3) is 0 Å². The fourth-order valence-electron chi connectivity index (χ4n) is 3.00. The third kappa shape index (κ3) is 4.32. The zero-order valence-electron chi connectivity index (χ0n) is 14.4. The molecule has 0 spiro atoms. The van der Waals surface area contributed by atoms with Crippen LogP contribution < -0.4 is 5.32 Å². The molecule has 0 aromatic heterocycles. The summed E-state index contributed by atoms with van der Waals surface area (Å²) in [6.45, 7) is 0.391. The van der Waals surface area contributed by atoms with Gasteiger partial charge in [0.05, 0.1) is 22.4 Å². The monoisotopic (exact) mass is 387 g/mol. The second kappa shape index (κ2) is 7.86. The Morgan fingerprint density at radius 1 is 1.15 bits per heavy atom. The lowest BCUT2D eigenvalue weighted by Crippen LogP contribution is -2.43. The first-order valence-corrected chi connectivity index (χ1v) is 9.91. The standard InChI is InChI=1S/C19H18FN3O3S/c20-16-5-9-18(10-6-16)27(25,26)23-11-1-2-15(13-23)19(24)22-17-7-3-14(12-21)4-8-17/h3-10,15H,1-2,11,13H2,(H,22,24). The number of carbonyl (C=O) groups is 1. The van der Waals surface area contributed by atoms with Crippen molar-refractivity contribution in [2.75, 3.05) is 18.4 Å². The molecule has 1 atom stereocenters. The number of halogens is 1. The number of hydrogen-bond acceptors (Lipinski definition) is 4.